The van der Waals surface area contributed by atoms with E-state index in [0.29, 0.717) is 16.4 Å². The summed E-state index contributed by atoms with van der Waals surface area (Å²) < 4.78 is 5.48. The van der Waals surface area contributed by atoms with Gasteiger partial charge in [-0.15, -0.1) is 0 Å². The van der Waals surface area contributed by atoms with Crippen molar-refractivity contribution < 1.29 is 14.6 Å². The monoisotopic (exact) mass is 354 g/mol. The lowest BCUT2D eigenvalue weighted by Crippen LogP contribution is -2.45. The molecule has 0 aliphatic carbocycles. The smallest absolute Gasteiger partial charge is 0.338 e. The molecule has 0 saturated heterocycles. The lowest BCUT2D eigenvalue weighted by molar-refractivity contribution is -0.140. The summed E-state index contributed by atoms with van der Waals surface area (Å²) in [5, 5.41) is 16.0. The molecule has 0 fully saturated rings. The van der Waals surface area contributed by atoms with Gasteiger partial charge < -0.3 is 20.5 Å². The Labute approximate surface area is 151 Å². The average Bonchev–Trinajstić information content (AvgIpc) is 2.60. The molecule has 1 aliphatic rings. The third-order valence-electron chi connectivity index (χ3n) is 3.93. The fourth-order valence-electron chi connectivity index (χ4n) is 2.68. The van der Waals surface area contributed by atoms with Crippen molar-refractivity contribution in [2.75, 3.05) is 0 Å². The first-order valence-electron chi connectivity index (χ1n) is 7.83. The van der Waals surface area contributed by atoms with E-state index in [1.54, 1.807) is 31.2 Å². The summed E-state index contributed by atoms with van der Waals surface area (Å²) in [5.41, 5.74) is 2.85. The molecule has 0 saturated carbocycles. The maximum atomic E-state index is 12.7. The first-order chi connectivity index (χ1) is 12.0. The topological polar surface area (TPSA) is 70.6 Å². The van der Waals surface area contributed by atoms with Gasteiger partial charge in [-0.2, -0.15) is 0 Å². The number of rotatable bonds is 4. The predicted octanol–water partition coefficient (Wildman–Crippen LogP) is 2.93. The summed E-state index contributed by atoms with van der Waals surface area (Å²) in [6.07, 6.45) is 0. The Morgan fingerprint density at radius 1 is 1.16 bits per heavy atom. The van der Waals surface area contributed by atoms with Crippen LogP contribution in [0, 0.1) is 0 Å². The Kier molecular flexibility index (Phi) is 5.00. The third-order valence-corrected chi connectivity index (χ3v) is 4.15. The summed E-state index contributed by atoms with van der Waals surface area (Å²) in [4.78, 5) is 12.7. The first kappa shape index (κ1) is 17.0. The Hall–Kier alpha value is -2.86. The predicted molar refractivity (Wildman–Crippen MR) is 98.7 cm³/mol. The number of hydrogen-bond acceptors (Lipinski definition) is 4. The minimum Gasteiger partial charge on any atom is -0.508 e. The van der Waals surface area contributed by atoms with Crippen LogP contribution in [0.4, 0.5) is 0 Å². The number of aromatic hydroxyl groups is 1. The van der Waals surface area contributed by atoms with Crippen LogP contribution in [0.5, 0.6) is 5.75 Å². The number of nitrogens with one attached hydrogen (secondary N) is 2. The Morgan fingerprint density at radius 3 is 2.52 bits per heavy atom. The fourth-order valence-corrected chi connectivity index (χ4v) is 2.95. The highest BCUT2D eigenvalue weighted by Crippen LogP contribution is 2.28. The van der Waals surface area contributed by atoms with Crippen molar-refractivity contribution in [3.63, 3.8) is 0 Å². The first-order valence-corrected chi connectivity index (χ1v) is 8.23. The van der Waals surface area contributed by atoms with Gasteiger partial charge in [0.15, 0.2) is 5.11 Å². The van der Waals surface area contributed by atoms with Gasteiger partial charge in [-0.25, -0.2) is 4.79 Å². The number of allylic oxidation sites excluding steroid dienone is 1. The van der Waals surface area contributed by atoms with Crippen molar-refractivity contribution in [3.8, 4) is 5.75 Å². The van der Waals surface area contributed by atoms with E-state index in [4.69, 9.17) is 17.0 Å². The molecule has 5 nitrogen and oxygen atoms in total. The van der Waals surface area contributed by atoms with E-state index in [2.05, 4.69) is 10.6 Å². The van der Waals surface area contributed by atoms with Gasteiger partial charge >= 0.3 is 5.97 Å². The molecule has 2 aromatic carbocycles. The van der Waals surface area contributed by atoms with Gasteiger partial charge in [-0.3, -0.25) is 0 Å². The molecule has 2 aromatic rings. The Balaban J connectivity index is 1.84. The van der Waals surface area contributed by atoms with Crippen molar-refractivity contribution >= 4 is 23.3 Å². The number of benzene rings is 2. The van der Waals surface area contributed by atoms with Crippen molar-refractivity contribution in [2.24, 2.45) is 0 Å². The van der Waals surface area contributed by atoms with Gasteiger partial charge in [-0.1, -0.05) is 42.5 Å². The van der Waals surface area contributed by atoms with E-state index in [0.717, 1.165) is 11.1 Å². The summed E-state index contributed by atoms with van der Waals surface area (Å²) in [7, 11) is 0. The highest BCUT2D eigenvalue weighted by Gasteiger charge is 2.30. The molecule has 0 unspecified atom stereocenters. The number of phenols is 1. The van der Waals surface area contributed by atoms with E-state index in [-0.39, 0.29) is 12.4 Å². The van der Waals surface area contributed by atoms with Crippen LogP contribution >= 0.6 is 12.2 Å². The van der Waals surface area contributed by atoms with Gasteiger partial charge in [0.05, 0.1) is 11.6 Å². The highest BCUT2D eigenvalue weighted by molar-refractivity contribution is 7.80. The van der Waals surface area contributed by atoms with E-state index in [9.17, 15) is 9.90 Å². The fraction of sp³-hybridized carbons (Fsp3) is 0.158. The van der Waals surface area contributed by atoms with Crippen LogP contribution in [0.1, 0.15) is 24.1 Å². The molecule has 0 bridgehead atoms. The Bertz CT molecular complexity index is 816. The van der Waals surface area contributed by atoms with Crippen LogP contribution in [0.2, 0.25) is 0 Å². The van der Waals surface area contributed by atoms with Crippen molar-refractivity contribution in [1.29, 1.82) is 0 Å². The molecular formula is C19H18N2O3S. The average molecular weight is 354 g/mol. The SMILES string of the molecule is CC1=C(C(=O)OCc2ccccc2)[C@H](c2ccc(O)cc2)NC(=S)N1. The molecule has 6 heteroatoms. The van der Waals surface area contributed by atoms with Gasteiger partial charge in [0, 0.05) is 5.70 Å². The molecule has 0 aromatic heterocycles. The van der Waals surface area contributed by atoms with Crippen LogP contribution in [0.25, 0.3) is 0 Å². The zero-order chi connectivity index (χ0) is 17.8. The van der Waals surface area contributed by atoms with Gasteiger partial charge in [-0.05, 0) is 42.4 Å². The van der Waals surface area contributed by atoms with Crippen LogP contribution in [0.15, 0.2) is 65.9 Å². The zero-order valence-corrected chi connectivity index (χ0v) is 14.5. The molecule has 0 spiro atoms. The third kappa shape index (κ3) is 3.97. The van der Waals surface area contributed by atoms with E-state index in [1.165, 1.54) is 0 Å². The van der Waals surface area contributed by atoms with Gasteiger partial charge in [0.1, 0.15) is 12.4 Å². The number of ether oxygens (including phenoxy) is 1. The normalized spacial score (nSPS) is 16.8. The second kappa shape index (κ2) is 7.36. The Morgan fingerprint density at radius 2 is 1.84 bits per heavy atom. The quantitative estimate of drug-likeness (QED) is 0.579. The number of thiocarbonyl (C=S) groups is 1. The standard InChI is InChI=1S/C19H18N2O3S/c1-12-16(18(23)24-11-13-5-3-2-4-6-13)17(21-19(25)20-12)14-7-9-15(22)10-8-14/h2-10,17,22H,11H2,1H3,(H2,20,21,25)/t17-/m0/s1. The highest BCUT2D eigenvalue weighted by atomic mass is 32.1. The molecular weight excluding hydrogens is 336 g/mol. The zero-order valence-electron chi connectivity index (χ0n) is 13.7. The van der Waals surface area contributed by atoms with Crippen LogP contribution in [-0.2, 0) is 16.1 Å². The minimum atomic E-state index is -0.433. The number of carbonyl (C=O) groups excluding carboxylic acids is 1. The van der Waals surface area contributed by atoms with Crippen LogP contribution in [0.3, 0.4) is 0 Å². The van der Waals surface area contributed by atoms with E-state index >= 15 is 0 Å². The number of carbonyl (C=O) groups is 1. The molecule has 1 heterocycles. The minimum absolute atomic E-state index is 0.161. The molecule has 1 atom stereocenters. The van der Waals surface area contributed by atoms with Crippen LogP contribution < -0.4 is 10.6 Å². The van der Waals surface area contributed by atoms with E-state index in [1.807, 2.05) is 30.3 Å². The van der Waals surface area contributed by atoms with Crippen molar-refractivity contribution in [3.05, 3.63) is 77.0 Å². The second-order valence-corrected chi connectivity index (χ2v) is 6.13. The molecule has 3 rings (SSSR count). The molecule has 0 radical (unpaired) electrons. The number of phenolic OH excluding ortho intramolecular Hbond substituents is 1. The van der Waals surface area contributed by atoms with Crippen molar-refractivity contribution in [1.82, 2.24) is 10.6 Å². The lowest BCUT2D eigenvalue weighted by Gasteiger charge is -2.29. The number of hydrogen-bond donors (Lipinski definition) is 3. The summed E-state index contributed by atoms with van der Waals surface area (Å²) in [6.45, 7) is 1.99. The lowest BCUT2D eigenvalue weighted by atomic mass is 9.95. The molecule has 3 N–H and O–H groups in total. The number of esters is 1. The summed E-state index contributed by atoms with van der Waals surface area (Å²) >= 11 is 5.21. The molecule has 25 heavy (non-hydrogen) atoms. The van der Waals surface area contributed by atoms with Gasteiger partial charge in [0.25, 0.3) is 0 Å². The van der Waals surface area contributed by atoms with Crippen molar-refractivity contribution in [2.45, 2.75) is 19.6 Å². The molecule has 128 valence electrons. The largest absolute Gasteiger partial charge is 0.508 e. The summed E-state index contributed by atoms with van der Waals surface area (Å²) in [5.74, 6) is -0.254. The summed E-state index contributed by atoms with van der Waals surface area (Å²) in [6, 6.07) is 15.7. The maximum Gasteiger partial charge on any atom is 0.338 e. The van der Waals surface area contributed by atoms with E-state index < -0.39 is 12.0 Å². The van der Waals surface area contributed by atoms with Gasteiger partial charge in [0.2, 0.25) is 0 Å². The van der Waals surface area contributed by atoms with Crippen LogP contribution in [-0.4, -0.2) is 16.2 Å². The maximum absolute atomic E-state index is 12.7. The molecule has 1 aliphatic heterocycles. The molecule has 0 amide bonds. The second-order valence-electron chi connectivity index (χ2n) is 5.72.